The lowest BCUT2D eigenvalue weighted by Gasteiger charge is -2.25. The van der Waals surface area contributed by atoms with E-state index < -0.39 is 35.1 Å². The Labute approximate surface area is 198 Å². The summed E-state index contributed by atoms with van der Waals surface area (Å²) in [5, 5.41) is 21.1. The molecule has 1 saturated heterocycles. The van der Waals surface area contributed by atoms with Gasteiger partial charge in [0.25, 0.3) is 11.7 Å². The van der Waals surface area contributed by atoms with E-state index in [0.717, 1.165) is 17.0 Å². The predicted octanol–water partition coefficient (Wildman–Crippen LogP) is 5.35. The number of Topliss-reactive ketones (excluding diaryl/α,β-unsaturated/α-hetero) is 1. The van der Waals surface area contributed by atoms with Crippen LogP contribution in [0.2, 0.25) is 5.02 Å². The molecule has 1 amide bonds. The number of hydrogen-bond donors (Lipinski definition) is 2. The van der Waals surface area contributed by atoms with Crippen molar-refractivity contribution in [3.05, 3.63) is 94.0 Å². The summed E-state index contributed by atoms with van der Waals surface area (Å²) in [5.41, 5.74) is -0.202. The standard InChI is InChI=1S/C25H18ClF2NO5/c1-2-34-20-11-14(5-9-17(20)26)23(31)21-22(13-3-7-16(30)8-4-13)29(25(33)24(21)32)19-10-6-15(27)12-18(19)28/h3-12,22,30-31H,2H2,1H3/b23-21+. The number of aliphatic hydroxyl groups is 1. The number of nitrogens with zero attached hydrogens (tertiary/aromatic N) is 1. The predicted molar refractivity (Wildman–Crippen MR) is 122 cm³/mol. The van der Waals surface area contributed by atoms with E-state index in [1.54, 1.807) is 6.92 Å². The molecule has 0 bridgehead atoms. The van der Waals surface area contributed by atoms with Crippen molar-refractivity contribution in [1.29, 1.82) is 0 Å². The van der Waals surface area contributed by atoms with Crippen molar-refractivity contribution in [2.45, 2.75) is 13.0 Å². The fourth-order valence-electron chi connectivity index (χ4n) is 3.80. The largest absolute Gasteiger partial charge is 0.508 e. The van der Waals surface area contributed by atoms with Crippen LogP contribution in [0.3, 0.4) is 0 Å². The smallest absolute Gasteiger partial charge is 0.300 e. The Balaban J connectivity index is 1.95. The van der Waals surface area contributed by atoms with Crippen LogP contribution in [-0.4, -0.2) is 28.5 Å². The van der Waals surface area contributed by atoms with E-state index >= 15 is 0 Å². The minimum atomic E-state index is -1.26. The van der Waals surface area contributed by atoms with Crippen molar-refractivity contribution in [2.75, 3.05) is 11.5 Å². The first-order chi connectivity index (χ1) is 16.2. The zero-order chi connectivity index (χ0) is 24.6. The molecule has 6 nitrogen and oxygen atoms in total. The normalized spacial score (nSPS) is 17.3. The SMILES string of the molecule is CCOc1cc(/C(O)=C2\C(=O)C(=O)N(c3ccc(F)cc3F)C2c2ccc(O)cc2)ccc1Cl. The van der Waals surface area contributed by atoms with Gasteiger partial charge in [0.05, 0.1) is 28.9 Å². The third-order valence-corrected chi connectivity index (χ3v) is 5.64. The van der Waals surface area contributed by atoms with Crippen LogP contribution < -0.4 is 9.64 Å². The average molecular weight is 486 g/mol. The molecule has 1 fully saturated rings. The van der Waals surface area contributed by atoms with Crippen molar-refractivity contribution in [1.82, 2.24) is 0 Å². The Hall–Kier alpha value is -3.91. The molecule has 0 radical (unpaired) electrons. The Morgan fingerprint density at radius 2 is 1.76 bits per heavy atom. The molecule has 0 saturated carbocycles. The first-order valence-corrected chi connectivity index (χ1v) is 10.6. The highest BCUT2D eigenvalue weighted by atomic mass is 35.5. The van der Waals surface area contributed by atoms with Gasteiger partial charge >= 0.3 is 0 Å². The Kier molecular flexibility index (Phi) is 6.26. The molecular formula is C25H18ClF2NO5. The number of phenols is 1. The zero-order valence-corrected chi connectivity index (χ0v) is 18.5. The topological polar surface area (TPSA) is 87.1 Å². The van der Waals surface area contributed by atoms with Crippen LogP contribution in [0.4, 0.5) is 14.5 Å². The number of carbonyl (C=O) groups is 2. The monoisotopic (exact) mass is 485 g/mol. The third kappa shape index (κ3) is 4.08. The number of aliphatic hydroxyl groups excluding tert-OH is 1. The number of anilines is 1. The summed E-state index contributed by atoms with van der Waals surface area (Å²) in [6.45, 7) is 2.04. The molecule has 1 aliphatic heterocycles. The summed E-state index contributed by atoms with van der Waals surface area (Å²) < 4.78 is 33.7. The van der Waals surface area contributed by atoms with E-state index in [9.17, 15) is 28.6 Å². The van der Waals surface area contributed by atoms with Crippen LogP contribution in [0.5, 0.6) is 11.5 Å². The minimum absolute atomic E-state index is 0.0762. The molecule has 2 N–H and O–H groups in total. The number of benzene rings is 3. The van der Waals surface area contributed by atoms with E-state index in [4.69, 9.17) is 16.3 Å². The zero-order valence-electron chi connectivity index (χ0n) is 17.8. The van der Waals surface area contributed by atoms with Crippen LogP contribution in [0.25, 0.3) is 5.76 Å². The van der Waals surface area contributed by atoms with Crippen LogP contribution in [0.15, 0.2) is 66.2 Å². The van der Waals surface area contributed by atoms with Gasteiger partial charge in [0.2, 0.25) is 0 Å². The summed E-state index contributed by atoms with van der Waals surface area (Å²) in [4.78, 5) is 27.0. The number of aromatic hydroxyl groups is 1. The second kappa shape index (κ2) is 9.15. The Morgan fingerprint density at radius 3 is 2.41 bits per heavy atom. The highest BCUT2D eigenvalue weighted by Crippen LogP contribution is 2.43. The second-order valence-corrected chi connectivity index (χ2v) is 7.84. The number of halogens is 3. The number of hydrogen-bond acceptors (Lipinski definition) is 5. The number of carbonyl (C=O) groups excluding carboxylic acids is 2. The van der Waals surface area contributed by atoms with Gasteiger partial charge in [0, 0.05) is 11.6 Å². The third-order valence-electron chi connectivity index (χ3n) is 5.33. The van der Waals surface area contributed by atoms with Gasteiger partial charge in [-0.05, 0) is 55.0 Å². The van der Waals surface area contributed by atoms with Crippen LogP contribution in [0, 0.1) is 11.6 Å². The fourth-order valence-corrected chi connectivity index (χ4v) is 3.97. The van der Waals surface area contributed by atoms with Crippen LogP contribution >= 0.6 is 11.6 Å². The number of amides is 1. The van der Waals surface area contributed by atoms with Gasteiger partial charge in [0.15, 0.2) is 0 Å². The van der Waals surface area contributed by atoms with Gasteiger partial charge < -0.3 is 14.9 Å². The van der Waals surface area contributed by atoms with E-state index in [1.165, 1.54) is 42.5 Å². The average Bonchev–Trinajstić information content (AvgIpc) is 3.06. The Morgan fingerprint density at radius 1 is 1.06 bits per heavy atom. The van der Waals surface area contributed by atoms with Crippen molar-refractivity contribution in [3.8, 4) is 11.5 Å². The fraction of sp³-hybridized carbons (Fsp3) is 0.120. The van der Waals surface area contributed by atoms with E-state index in [0.29, 0.717) is 18.2 Å². The summed E-state index contributed by atoms with van der Waals surface area (Å²) in [7, 11) is 0. The first-order valence-electron chi connectivity index (χ1n) is 10.2. The van der Waals surface area contributed by atoms with Gasteiger partial charge in [-0.3, -0.25) is 14.5 Å². The van der Waals surface area contributed by atoms with Gasteiger partial charge in [-0.2, -0.15) is 0 Å². The molecule has 34 heavy (non-hydrogen) atoms. The molecule has 1 unspecified atom stereocenters. The highest BCUT2D eigenvalue weighted by Gasteiger charge is 2.47. The minimum Gasteiger partial charge on any atom is -0.508 e. The second-order valence-electron chi connectivity index (χ2n) is 7.43. The molecule has 0 spiro atoms. The maximum Gasteiger partial charge on any atom is 0.300 e. The number of phenolic OH excluding ortho intramolecular Hbond substituents is 1. The van der Waals surface area contributed by atoms with Crippen molar-refractivity contribution in [3.63, 3.8) is 0 Å². The van der Waals surface area contributed by atoms with Gasteiger partial charge in [-0.15, -0.1) is 0 Å². The highest BCUT2D eigenvalue weighted by molar-refractivity contribution is 6.51. The molecule has 174 valence electrons. The molecule has 0 aromatic heterocycles. The summed E-state index contributed by atoms with van der Waals surface area (Å²) >= 11 is 6.12. The van der Waals surface area contributed by atoms with Gasteiger partial charge in [-0.1, -0.05) is 23.7 Å². The van der Waals surface area contributed by atoms with Crippen molar-refractivity contribution >= 4 is 34.7 Å². The number of ether oxygens (including phenoxy) is 1. The molecular weight excluding hydrogens is 468 g/mol. The molecule has 9 heteroatoms. The van der Waals surface area contributed by atoms with Gasteiger partial charge in [0.1, 0.15) is 28.9 Å². The van der Waals surface area contributed by atoms with Crippen molar-refractivity contribution < 1.29 is 33.3 Å². The molecule has 1 atom stereocenters. The molecule has 3 aromatic rings. The molecule has 4 rings (SSSR count). The molecule has 3 aromatic carbocycles. The van der Waals surface area contributed by atoms with Crippen molar-refractivity contribution in [2.24, 2.45) is 0 Å². The van der Waals surface area contributed by atoms with E-state index in [-0.39, 0.29) is 33.3 Å². The maximum absolute atomic E-state index is 14.7. The maximum atomic E-state index is 14.7. The summed E-state index contributed by atoms with van der Waals surface area (Å²) in [5.74, 6) is -4.43. The number of rotatable bonds is 5. The van der Waals surface area contributed by atoms with Crippen LogP contribution in [-0.2, 0) is 9.59 Å². The lowest BCUT2D eigenvalue weighted by Crippen LogP contribution is -2.30. The lowest BCUT2D eigenvalue weighted by atomic mass is 9.95. The van der Waals surface area contributed by atoms with Gasteiger partial charge in [-0.25, -0.2) is 8.78 Å². The molecule has 0 aliphatic carbocycles. The number of ketones is 1. The Bertz CT molecular complexity index is 1320. The first kappa shape index (κ1) is 23.3. The molecule has 1 heterocycles. The molecule has 1 aliphatic rings. The summed E-state index contributed by atoms with van der Waals surface area (Å²) in [6, 6.07) is 11.2. The van der Waals surface area contributed by atoms with E-state index in [1.807, 2.05) is 0 Å². The quantitative estimate of drug-likeness (QED) is 0.289. The summed E-state index contributed by atoms with van der Waals surface area (Å²) in [6.07, 6.45) is 0. The van der Waals surface area contributed by atoms with Crippen LogP contribution in [0.1, 0.15) is 24.1 Å². The van der Waals surface area contributed by atoms with E-state index in [2.05, 4.69) is 0 Å². The lowest BCUT2D eigenvalue weighted by molar-refractivity contribution is -0.132.